The number of benzene rings is 1. The predicted molar refractivity (Wildman–Crippen MR) is 61.9 cm³/mol. The number of hydrogen-bond donors (Lipinski definition) is 1. The van der Waals surface area contributed by atoms with E-state index in [9.17, 15) is 9.18 Å². The van der Waals surface area contributed by atoms with E-state index < -0.39 is 11.9 Å². The molecule has 0 spiro atoms. The second-order valence-electron chi connectivity index (χ2n) is 3.98. The Labute approximate surface area is 103 Å². The number of nitrogens with two attached hydrogens (primary N) is 1. The van der Waals surface area contributed by atoms with Crippen LogP contribution >= 0.6 is 0 Å². The average Bonchev–Trinajstić information content (AvgIpc) is 2.81. The van der Waals surface area contributed by atoms with Crippen LogP contribution in [0.3, 0.4) is 0 Å². The fourth-order valence-corrected chi connectivity index (χ4v) is 1.40. The van der Waals surface area contributed by atoms with E-state index in [1.807, 2.05) is 0 Å². The molecule has 2 aromatic rings. The van der Waals surface area contributed by atoms with Gasteiger partial charge in [0.05, 0.1) is 0 Å². The number of amides is 1. The van der Waals surface area contributed by atoms with Crippen molar-refractivity contribution in [2.75, 3.05) is 0 Å². The Bertz CT molecular complexity index is 595. The van der Waals surface area contributed by atoms with Crippen LogP contribution in [0.25, 0.3) is 11.4 Å². The Morgan fingerprint density at radius 2 is 2.22 bits per heavy atom. The minimum Gasteiger partial charge on any atom is -0.368 e. The van der Waals surface area contributed by atoms with Crippen LogP contribution in [0.2, 0.25) is 0 Å². The fraction of sp³-hybridized carbons (Fsp3) is 0.273. The van der Waals surface area contributed by atoms with E-state index in [0.29, 0.717) is 17.0 Å². The molecule has 0 aliphatic heterocycles. The van der Waals surface area contributed by atoms with E-state index >= 15 is 0 Å². The standard InChI is InChI=1S/C11H12FN5O/c1-6-5-8(3-4-9(6)12)11-14-16-17(15-11)7(2)10(13)18/h3-5,7H,1-2H3,(H2,13,18)/t7-/m0/s1. The number of halogens is 1. The molecule has 0 aliphatic rings. The summed E-state index contributed by atoms with van der Waals surface area (Å²) in [6.45, 7) is 3.22. The highest BCUT2D eigenvalue weighted by molar-refractivity contribution is 5.77. The summed E-state index contributed by atoms with van der Waals surface area (Å²) in [5.74, 6) is -0.517. The summed E-state index contributed by atoms with van der Waals surface area (Å²) in [4.78, 5) is 12.1. The Kier molecular flexibility index (Phi) is 3.05. The maximum absolute atomic E-state index is 13.1. The zero-order valence-corrected chi connectivity index (χ0v) is 9.96. The molecule has 1 aromatic heterocycles. The molecule has 94 valence electrons. The van der Waals surface area contributed by atoms with Crippen molar-refractivity contribution in [2.24, 2.45) is 5.73 Å². The van der Waals surface area contributed by atoms with Crippen molar-refractivity contribution in [3.05, 3.63) is 29.6 Å². The number of carbonyl (C=O) groups is 1. The molecule has 0 radical (unpaired) electrons. The zero-order chi connectivity index (χ0) is 13.3. The third-order valence-corrected chi connectivity index (χ3v) is 2.60. The second-order valence-corrected chi connectivity index (χ2v) is 3.98. The van der Waals surface area contributed by atoms with Crippen molar-refractivity contribution in [1.29, 1.82) is 0 Å². The van der Waals surface area contributed by atoms with Gasteiger partial charge in [-0.15, -0.1) is 10.2 Å². The van der Waals surface area contributed by atoms with Gasteiger partial charge in [0.2, 0.25) is 11.7 Å². The molecule has 1 heterocycles. The molecule has 0 fully saturated rings. The molecule has 7 heteroatoms. The van der Waals surface area contributed by atoms with Crippen LogP contribution < -0.4 is 5.73 Å². The number of primary amides is 1. The predicted octanol–water partition coefficient (Wildman–Crippen LogP) is 0.834. The molecule has 0 saturated heterocycles. The molecule has 0 aliphatic carbocycles. The Morgan fingerprint density at radius 3 is 2.83 bits per heavy atom. The van der Waals surface area contributed by atoms with Gasteiger partial charge in [0.1, 0.15) is 11.9 Å². The topological polar surface area (TPSA) is 86.7 Å². The molecule has 2 N–H and O–H groups in total. The molecule has 1 atom stereocenters. The van der Waals surface area contributed by atoms with Crippen LogP contribution in [0.1, 0.15) is 18.5 Å². The molecule has 6 nitrogen and oxygen atoms in total. The van der Waals surface area contributed by atoms with Crippen LogP contribution in [0.4, 0.5) is 4.39 Å². The van der Waals surface area contributed by atoms with E-state index in [1.54, 1.807) is 26.0 Å². The van der Waals surface area contributed by atoms with Gasteiger partial charge < -0.3 is 5.73 Å². The maximum atomic E-state index is 13.1. The summed E-state index contributed by atoms with van der Waals surface area (Å²) in [6.07, 6.45) is 0. The Morgan fingerprint density at radius 1 is 1.50 bits per heavy atom. The molecule has 0 unspecified atom stereocenters. The number of tetrazole rings is 1. The first kappa shape index (κ1) is 12.2. The van der Waals surface area contributed by atoms with Crippen LogP contribution in [0.15, 0.2) is 18.2 Å². The first-order valence-corrected chi connectivity index (χ1v) is 5.34. The lowest BCUT2D eigenvalue weighted by atomic mass is 10.1. The fourth-order valence-electron chi connectivity index (χ4n) is 1.40. The van der Waals surface area contributed by atoms with E-state index in [0.717, 1.165) is 4.80 Å². The summed E-state index contributed by atoms with van der Waals surface area (Å²) < 4.78 is 13.1. The van der Waals surface area contributed by atoms with Gasteiger partial charge in [0.15, 0.2) is 0 Å². The molecule has 1 aromatic carbocycles. The lowest BCUT2D eigenvalue weighted by Crippen LogP contribution is -2.25. The normalized spacial score (nSPS) is 12.4. The van der Waals surface area contributed by atoms with Crippen LogP contribution in [-0.4, -0.2) is 26.1 Å². The smallest absolute Gasteiger partial charge is 0.243 e. The summed E-state index contributed by atoms with van der Waals surface area (Å²) in [7, 11) is 0. The Hall–Kier alpha value is -2.31. The van der Waals surface area contributed by atoms with Gasteiger partial charge in [-0.05, 0) is 42.8 Å². The lowest BCUT2D eigenvalue weighted by molar-refractivity contribution is -0.121. The lowest BCUT2D eigenvalue weighted by Gasteiger charge is -2.03. The zero-order valence-electron chi connectivity index (χ0n) is 9.96. The molecular formula is C11H12FN5O. The minimum absolute atomic E-state index is 0.295. The minimum atomic E-state index is -0.673. The van der Waals surface area contributed by atoms with Crippen molar-refractivity contribution in [3.8, 4) is 11.4 Å². The summed E-state index contributed by atoms with van der Waals surface area (Å²) in [5.41, 5.74) is 6.27. The van der Waals surface area contributed by atoms with Crippen molar-refractivity contribution in [3.63, 3.8) is 0 Å². The van der Waals surface area contributed by atoms with Crippen molar-refractivity contribution >= 4 is 5.91 Å². The first-order valence-electron chi connectivity index (χ1n) is 5.34. The molecule has 2 rings (SSSR count). The SMILES string of the molecule is Cc1cc(-c2nnn([C@@H](C)C(N)=O)n2)ccc1F. The number of aromatic nitrogens is 4. The quantitative estimate of drug-likeness (QED) is 0.873. The molecule has 0 saturated carbocycles. The Balaban J connectivity index is 2.35. The van der Waals surface area contributed by atoms with E-state index in [-0.39, 0.29) is 5.82 Å². The number of carbonyl (C=O) groups excluding carboxylic acids is 1. The number of aryl methyl sites for hydroxylation is 1. The van der Waals surface area contributed by atoms with E-state index in [2.05, 4.69) is 15.4 Å². The summed E-state index contributed by atoms with van der Waals surface area (Å²) in [5, 5.41) is 11.6. The first-order chi connectivity index (χ1) is 8.49. The summed E-state index contributed by atoms with van der Waals surface area (Å²) in [6, 6.07) is 3.83. The van der Waals surface area contributed by atoms with E-state index in [4.69, 9.17) is 5.73 Å². The van der Waals surface area contributed by atoms with Gasteiger partial charge in [-0.3, -0.25) is 4.79 Å². The van der Waals surface area contributed by atoms with E-state index in [1.165, 1.54) is 6.07 Å². The highest BCUT2D eigenvalue weighted by Gasteiger charge is 2.15. The number of rotatable bonds is 3. The number of hydrogen-bond acceptors (Lipinski definition) is 4. The third kappa shape index (κ3) is 2.20. The summed E-state index contributed by atoms with van der Waals surface area (Å²) >= 11 is 0. The van der Waals surface area contributed by atoms with Gasteiger partial charge >= 0.3 is 0 Å². The van der Waals surface area contributed by atoms with Crippen LogP contribution in [0, 0.1) is 12.7 Å². The van der Waals surface area contributed by atoms with Crippen molar-refractivity contribution in [2.45, 2.75) is 19.9 Å². The highest BCUT2D eigenvalue weighted by atomic mass is 19.1. The average molecular weight is 249 g/mol. The van der Waals surface area contributed by atoms with Crippen LogP contribution in [0.5, 0.6) is 0 Å². The van der Waals surface area contributed by atoms with Crippen molar-refractivity contribution in [1.82, 2.24) is 20.2 Å². The van der Waals surface area contributed by atoms with Gasteiger partial charge in [-0.25, -0.2) is 4.39 Å². The maximum Gasteiger partial charge on any atom is 0.243 e. The van der Waals surface area contributed by atoms with Crippen molar-refractivity contribution < 1.29 is 9.18 Å². The molecule has 18 heavy (non-hydrogen) atoms. The largest absolute Gasteiger partial charge is 0.368 e. The molecular weight excluding hydrogens is 237 g/mol. The van der Waals surface area contributed by atoms with Gasteiger partial charge in [-0.1, -0.05) is 0 Å². The van der Waals surface area contributed by atoms with Crippen LogP contribution in [-0.2, 0) is 4.79 Å². The molecule has 0 bridgehead atoms. The van der Waals surface area contributed by atoms with Gasteiger partial charge in [0.25, 0.3) is 0 Å². The number of nitrogens with zero attached hydrogens (tertiary/aromatic N) is 4. The highest BCUT2D eigenvalue weighted by Crippen LogP contribution is 2.18. The second kappa shape index (κ2) is 4.52. The van der Waals surface area contributed by atoms with Gasteiger partial charge in [-0.2, -0.15) is 4.80 Å². The molecule has 1 amide bonds. The monoisotopic (exact) mass is 249 g/mol. The van der Waals surface area contributed by atoms with Gasteiger partial charge in [0, 0.05) is 5.56 Å². The third-order valence-electron chi connectivity index (χ3n) is 2.60.